The summed E-state index contributed by atoms with van der Waals surface area (Å²) in [4.78, 5) is 0. The van der Waals surface area contributed by atoms with Crippen molar-refractivity contribution in [3.63, 3.8) is 0 Å². The van der Waals surface area contributed by atoms with Crippen LogP contribution in [-0.2, 0) is 12.8 Å². The average molecular weight is 206 g/mol. The van der Waals surface area contributed by atoms with Gasteiger partial charge in [-0.1, -0.05) is 44.5 Å². The minimum absolute atomic E-state index is 0.309. The zero-order valence-electron chi connectivity index (χ0n) is 9.87. The second-order valence-electron chi connectivity index (χ2n) is 4.21. The van der Waals surface area contributed by atoms with Crippen molar-refractivity contribution in [2.24, 2.45) is 5.92 Å². The van der Waals surface area contributed by atoms with Gasteiger partial charge >= 0.3 is 0 Å². The summed E-state index contributed by atoms with van der Waals surface area (Å²) in [6, 6.07) is 8.76. The van der Waals surface area contributed by atoms with Gasteiger partial charge in [-0.3, -0.25) is 0 Å². The highest BCUT2D eigenvalue weighted by Crippen LogP contribution is 2.14. The Kier molecular flexibility index (Phi) is 5.41. The van der Waals surface area contributed by atoms with Crippen LogP contribution in [0, 0.1) is 5.92 Å². The molecule has 0 spiro atoms. The van der Waals surface area contributed by atoms with E-state index in [4.69, 9.17) is 0 Å². The molecule has 1 unspecified atom stereocenters. The zero-order chi connectivity index (χ0) is 11.1. The van der Waals surface area contributed by atoms with Gasteiger partial charge in [0.05, 0.1) is 0 Å². The van der Waals surface area contributed by atoms with Crippen molar-refractivity contribution in [3.05, 3.63) is 35.4 Å². The quantitative estimate of drug-likeness (QED) is 0.758. The molecular weight excluding hydrogens is 184 g/mol. The van der Waals surface area contributed by atoms with Gasteiger partial charge in [-0.05, 0) is 36.3 Å². The molecule has 1 atom stereocenters. The van der Waals surface area contributed by atoms with Crippen molar-refractivity contribution in [1.29, 1.82) is 0 Å². The molecule has 0 radical (unpaired) electrons. The highest BCUT2D eigenvalue weighted by Gasteiger charge is 2.06. The molecule has 1 aromatic carbocycles. The van der Waals surface area contributed by atoms with Crippen LogP contribution in [0.5, 0.6) is 0 Å². The van der Waals surface area contributed by atoms with Gasteiger partial charge in [0.15, 0.2) is 0 Å². The van der Waals surface area contributed by atoms with Crippen LogP contribution in [0.4, 0.5) is 0 Å². The highest BCUT2D eigenvalue weighted by molar-refractivity contribution is 5.22. The van der Waals surface area contributed by atoms with Gasteiger partial charge < -0.3 is 5.11 Å². The molecule has 0 fully saturated rings. The Bertz CT molecular complexity index is 263. The number of aliphatic hydroxyl groups is 1. The molecule has 1 N–H and O–H groups in total. The normalized spacial score (nSPS) is 12.7. The molecule has 1 heteroatoms. The Balaban J connectivity index is 2.55. The number of aryl methyl sites for hydroxylation is 1. The lowest BCUT2D eigenvalue weighted by atomic mass is 9.95. The number of hydrogen-bond acceptors (Lipinski definition) is 1. The first kappa shape index (κ1) is 12.3. The van der Waals surface area contributed by atoms with Crippen molar-refractivity contribution in [2.75, 3.05) is 6.61 Å². The van der Waals surface area contributed by atoms with Crippen LogP contribution in [0.3, 0.4) is 0 Å². The van der Waals surface area contributed by atoms with E-state index in [2.05, 4.69) is 38.1 Å². The third kappa shape index (κ3) is 4.05. The molecule has 0 aliphatic heterocycles. The third-order valence-electron chi connectivity index (χ3n) is 2.91. The van der Waals surface area contributed by atoms with Crippen LogP contribution in [0.1, 0.15) is 37.8 Å². The van der Waals surface area contributed by atoms with E-state index >= 15 is 0 Å². The van der Waals surface area contributed by atoms with E-state index in [0.717, 1.165) is 25.7 Å². The minimum Gasteiger partial charge on any atom is -0.396 e. The van der Waals surface area contributed by atoms with Crippen LogP contribution in [0.25, 0.3) is 0 Å². The number of hydrogen-bond donors (Lipinski definition) is 1. The van der Waals surface area contributed by atoms with E-state index in [1.165, 1.54) is 11.1 Å². The molecule has 0 aliphatic rings. The molecule has 84 valence electrons. The molecule has 1 aromatic rings. The van der Waals surface area contributed by atoms with Gasteiger partial charge in [-0.2, -0.15) is 0 Å². The molecule has 0 heterocycles. The van der Waals surface area contributed by atoms with Crippen molar-refractivity contribution in [3.8, 4) is 0 Å². The van der Waals surface area contributed by atoms with E-state index in [-0.39, 0.29) is 0 Å². The smallest absolute Gasteiger partial charge is 0.0462 e. The lowest BCUT2D eigenvalue weighted by Crippen LogP contribution is -2.09. The van der Waals surface area contributed by atoms with E-state index in [9.17, 15) is 5.11 Å². The summed E-state index contributed by atoms with van der Waals surface area (Å²) in [6.45, 7) is 4.65. The maximum Gasteiger partial charge on any atom is 0.0462 e. The van der Waals surface area contributed by atoms with Gasteiger partial charge in [-0.25, -0.2) is 0 Å². The van der Waals surface area contributed by atoms with Crippen molar-refractivity contribution < 1.29 is 5.11 Å². The molecule has 1 nitrogen and oxygen atoms in total. The SMILES string of the molecule is CCCC(CO)Cc1ccc(CC)cc1. The van der Waals surface area contributed by atoms with Crippen LogP contribution in [0.2, 0.25) is 0 Å². The van der Waals surface area contributed by atoms with Gasteiger partial charge in [0.2, 0.25) is 0 Å². The van der Waals surface area contributed by atoms with Crippen LogP contribution in [-0.4, -0.2) is 11.7 Å². The van der Waals surface area contributed by atoms with E-state index < -0.39 is 0 Å². The second-order valence-corrected chi connectivity index (χ2v) is 4.21. The Morgan fingerprint density at radius 3 is 2.13 bits per heavy atom. The van der Waals surface area contributed by atoms with Crippen LogP contribution >= 0.6 is 0 Å². The molecule has 0 aliphatic carbocycles. The fraction of sp³-hybridized carbons (Fsp3) is 0.571. The Morgan fingerprint density at radius 2 is 1.67 bits per heavy atom. The first-order valence-corrected chi connectivity index (χ1v) is 5.98. The molecule has 0 aromatic heterocycles. The summed E-state index contributed by atoms with van der Waals surface area (Å²) >= 11 is 0. The van der Waals surface area contributed by atoms with Crippen molar-refractivity contribution in [1.82, 2.24) is 0 Å². The summed E-state index contributed by atoms with van der Waals surface area (Å²) in [5.41, 5.74) is 2.73. The van der Waals surface area contributed by atoms with Gasteiger partial charge in [0.1, 0.15) is 0 Å². The van der Waals surface area contributed by atoms with Crippen LogP contribution < -0.4 is 0 Å². The van der Waals surface area contributed by atoms with Crippen molar-refractivity contribution >= 4 is 0 Å². The molecule has 0 saturated carbocycles. The van der Waals surface area contributed by atoms with Gasteiger partial charge in [0.25, 0.3) is 0 Å². The van der Waals surface area contributed by atoms with E-state index in [0.29, 0.717) is 12.5 Å². The lowest BCUT2D eigenvalue weighted by molar-refractivity contribution is 0.217. The topological polar surface area (TPSA) is 20.2 Å². The van der Waals surface area contributed by atoms with E-state index in [1.807, 2.05) is 0 Å². The van der Waals surface area contributed by atoms with Gasteiger partial charge in [0, 0.05) is 6.61 Å². The maximum atomic E-state index is 9.22. The zero-order valence-corrected chi connectivity index (χ0v) is 9.87. The maximum absolute atomic E-state index is 9.22. The van der Waals surface area contributed by atoms with Crippen molar-refractivity contribution in [2.45, 2.75) is 39.5 Å². The highest BCUT2D eigenvalue weighted by atomic mass is 16.3. The summed E-state index contributed by atoms with van der Waals surface area (Å²) in [5.74, 6) is 0.433. The molecule has 0 bridgehead atoms. The summed E-state index contributed by atoms with van der Waals surface area (Å²) in [6.07, 6.45) is 4.37. The van der Waals surface area contributed by atoms with Crippen LogP contribution in [0.15, 0.2) is 24.3 Å². The first-order valence-electron chi connectivity index (χ1n) is 5.98. The first-order chi connectivity index (χ1) is 7.30. The van der Waals surface area contributed by atoms with Gasteiger partial charge in [-0.15, -0.1) is 0 Å². The summed E-state index contributed by atoms with van der Waals surface area (Å²) in [5, 5.41) is 9.22. The fourth-order valence-electron chi connectivity index (χ4n) is 1.91. The number of aliphatic hydroxyl groups excluding tert-OH is 1. The molecule has 0 amide bonds. The molecular formula is C14H22O. The number of rotatable bonds is 6. The average Bonchev–Trinajstić information content (AvgIpc) is 2.29. The Labute approximate surface area is 93.1 Å². The molecule has 0 saturated heterocycles. The fourth-order valence-corrected chi connectivity index (χ4v) is 1.91. The molecule has 15 heavy (non-hydrogen) atoms. The summed E-state index contributed by atoms with van der Waals surface area (Å²) in [7, 11) is 0. The lowest BCUT2D eigenvalue weighted by Gasteiger charge is -2.13. The predicted octanol–water partition coefficient (Wildman–Crippen LogP) is 3.20. The standard InChI is InChI=1S/C14H22O/c1-3-5-14(11-15)10-13-8-6-12(4-2)7-9-13/h6-9,14-15H,3-5,10-11H2,1-2H3. The minimum atomic E-state index is 0.309. The Morgan fingerprint density at radius 1 is 1.07 bits per heavy atom. The predicted molar refractivity (Wildman–Crippen MR) is 65.0 cm³/mol. The third-order valence-corrected chi connectivity index (χ3v) is 2.91. The summed E-state index contributed by atoms with van der Waals surface area (Å²) < 4.78 is 0. The van der Waals surface area contributed by atoms with E-state index in [1.54, 1.807) is 0 Å². The molecule has 1 rings (SSSR count). The largest absolute Gasteiger partial charge is 0.396 e. The number of benzene rings is 1. The monoisotopic (exact) mass is 206 g/mol. The Hall–Kier alpha value is -0.820. The second kappa shape index (κ2) is 6.62.